The van der Waals surface area contributed by atoms with E-state index < -0.39 is 0 Å². The lowest BCUT2D eigenvalue weighted by atomic mass is 10.2. The van der Waals surface area contributed by atoms with Gasteiger partial charge in [0.15, 0.2) is 0 Å². The smallest absolute Gasteiger partial charge is 0.222 e. The highest BCUT2D eigenvalue weighted by Gasteiger charge is 2.15. The summed E-state index contributed by atoms with van der Waals surface area (Å²) in [4.78, 5) is 15.7. The number of hydrogen-bond acceptors (Lipinski definition) is 2. The number of halogens is 2. The van der Waals surface area contributed by atoms with Gasteiger partial charge in [-0.2, -0.15) is 0 Å². The van der Waals surface area contributed by atoms with Gasteiger partial charge in [0, 0.05) is 26.1 Å². The van der Waals surface area contributed by atoms with Gasteiger partial charge in [-0.15, -0.1) is 24.8 Å². The van der Waals surface area contributed by atoms with E-state index in [1.807, 2.05) is 19.0 Å². The van der Waals surface area contributed by atoms with Gasteiger partial charge >= 0.3 is 0 Å². The first kappa shape index (κ1) is 17.4. The van der Waals surface area contributed by atoms with Crippen molar-refractivity contribution in [3.8, 4) is 0 Å². The van der Waals surface area contributed by atoms with E-state index in [9.17, 15) is 4.79 Å². The second-order valence-corrected chi connectivity index (χ2v) is 3.99. The standard InChI is InChI=1S/C10H20N2O.2ClH/c1-11(2)8-9-12-7-5-3-4-6-10(12)13;;/h3-9H2,1-2H3;2*1H. The molecule has 0 aliphatic carbocycles. The van der Waals surface area contributed by atoms with Crippen LogP contribution in [-0.4, -0.2) is 49.4 Å². The van der Waals surface area contributed by atoms with E-state index in [-0.39, 0.29) is 24.8 Å². The summed E-state index contributed by atoms with van der Waals surface area (Å²) in [5.74, 6) is 0.347. The third-order valence-corrected chi connectivity index (χ3v) is 2.49. The van der Waals surface area contributed by atoms with Gasteiger partial charge in [0.2, 0.25) is 5.91 Å². The number of nitrogens with zero attached hydrogens (tertiary/aromatic N) is 2. The zero-order valence-corrected chi connectivity index (χ0v) is 11.2. The normalized spacial score (nSPS) is 16.7. The minimum atomic E-state index is 0. The van der Waals surface area contributed by atoms with Gasteiger partial charge in [0.05, 0.1) is 0 Å². The van der Waals surface area contributed by atoms with Crippen molar-refractivity contribution in [2.75, 3.05) is 33.7 Å². The summed E-state index contributed by atoms with van der Waals surface area (Å²) in [5, 5.41) is 0. The molecule has 5 heteroatoms. The molecule has 15 heavy (non-hydrogen) atoms. The van der Waals surface area contributed by atoms with Crippen LogP contribution in [0.3, 0.4) is 0 Å². The molecule has 0 unspecified atom stereocenters. The molecular formula is C10H22Cl2N2O. The molecule has 0 aromatic carbocycles. The highest BCUT2D eigenvalue weighted by atomic mass is 35.5. The summed E-state index contributed by atoms with van der Waals surface area (Å²) in [5.41, 5.74) is 0. The highest BCUT2D eigenvalue weighted by Crippen LogP contribution is 2.10. The van der Waals surface area contributed by atoms with Crippen LogP contribution < -0.4 is 0 Å². The Morgan fingerprint density at radius 3 is 2.47 bits per heavy atom. The predicted octanol–water partition coefficient (Wildman–Crippen LogP) is 1.79. The van der Waals surface area contributed by atoms with Gasteiger partial charge in [0.1, 0.15) is 0 Å². The third-order valence-electron chi connectivity index (χ3n) is 2.49. The lowest BCUT2D eigenvalue weighted by Gasteiger charge is -2.22. The van der Waals surface area contributed by atoms with Crippen LogP contribution in [-0.2, 0) is 4.79 Å². The maximum Gasteiger partial charge on any atom is 0.222 e. The zero-order chi connectivity index (χ0) is 9.68. The van der Waals surface area contributed by atoms with Crippen LogP contribution >= 0.6 is 24.8 Å². The fraction of sp³-hybridized carbons (Fsp3) is 0.900. The number of amides is 1. The van der Waals surface area contributed by atoms with Crippen LogP contribution in [0.15, 0.2) is 0 Å². The van der Waals surface area contributed by atoms with E-state index in [1.54, 1.807) is 0 Å². The number of hydrogen-bond donors (Lipinski definition) is 0. The van der Waals surface area contributed by atoms with Crippen molar-refractivity contribution in [2.45, 2.75) is 25.7 Å². The van der Waals surface area contributed by atoms with Crippen molar-refractivity contribution in [2.24, 2.45) is 0 Å². The molecule has 92 valence electrons. The van der Waals surface area contributed by atoms with E-state index in [0.29, 0.717) is 5.91 Å². The molecule has 0 spiro atoms. The monoisotopic (exact) mass is 256 g/mol. The first-order valence-corrected chi connectivity index (χ1v) is 5.12. The van der Waals surface area contributed by atoms with Crippen molar-refractivity contribution in [3.63, 3.8) is 0 Å². The number of carbonyl (C=O) groups excluding carboxylic acids is 1. The number of likely N-dealkylation sites (tertiary alicyclic amines) is 1. The molecule has 0 N–H and O–H groups in total. The van der Waals surface area contributed by atoms with E-state index in [2.05, 4.69) is 4.90 Å². The summed E-state index contributed by atoms with van der Waals surface area (Å²) in [6, 6.07) is 0. The second-order valence-electron chi connectivity index (χ2n) is 3.99. The van der Waals surface area contributed by atoms with Crippen LogP contribution in [0.4, 0.5) is 0 Å². The van der Waals surface area contributed by atoms with Crippen LogP contribution in [0, 0.1) is 0 Å². The molecule has 0 atom stereocenters. The Morgan fingerprint density at radius 2 is 1.87 bits per heavy atom. The first-order chi connectivity index (χ1) is 6.20. The molecule has 1 rings (SSSR count). The van der Waals surface area contributed by atoms with Gasteiger partial charge < -0.3 is 9.80 Å². The minimum Gasteiger partial charge on any atom is -0.341 e. The Hall–Kier alpha value is 0.01000. The van der Waals surface area contributed by atoms with Gasteiger partial charge in [-0.1, -0.05) is 6.42 Å². The van der Waals surface area contributed by atoms with Crippen LogP contribution in [0.1, 0.15) is 25.7 Å². The SMILES string of the molecule is CN(C)CCN1CCCCCC1=O.Cl.Cl. The summed E-state index contributed by atoms with van der Waals surface area (Å²) in [7, 11) is 4.09. The van der Waals surface area contributed by atoms with Crippen molar-refractivity contribution >= 4 is 30.7 Å². The summed E-state index contributed by atoms with van der Waals surface area (Å²) < 4.78 is 0. The van der Waals surface area contributed by atoms with Crippen molar-refractivity contribution in [1.29, 1.82) is 0 Å². The minimum absolute atomic E-state index is 0. The second kappa shape index (κ2) is 9.25. The molecule has 0 radical (unpaired) electrons. The van der Waals surface area contributed by atoms with Crippen LogP contribution in [0.25, 0.3) is 0 Å². The van der Waals surface area contributed by atoms with Gasteiger partial charge in [-0.05, 0) is 26.9 Å². The average molecular weight is 257 g/mol. The van der Waals surface area contributed by atoms with E-state index in [4.69, 9.17) is 0 Å². The maximum atomic E-state index is 11.5. The Kier molecular flexibility index (Phi) is 10.7. The zero-order valence-electron chi connectivity index (χ0n) is 9.57. The largest absolute Gasteiger partial charge is 0.341 e. The Labute approximate surface area is 105 Å². The Morgan fingerprint density at radius 1 is 1.20 bits per heavy atom. The first-order valence-electron chi connectivity index (χ1n) is 5.12. The quantitative estimate of drug-likeness (QED) is 0.769. The van der Waals surface area contributed by atoms with Gasteiger partial charge in [0.25, 0.3) is 0 Å². The molecule has 1 aliphatic rings. The predicted molar refractivity (Wildman–Crippen MR) is 68.1 cm³/mol. The molecule has 1 amide bonds. The summed E-state index contributed by atoms with van der Waals surface area (Å²) >= 11 is 0. The topological polar surface area (TPSA) is 23.6 Å². The summed E-state index contributed by atoms with van der Waals surface area (Å²) in [6.45, 7) is 2.84. The Balaban J connectivity index is 0. The van der Waals surface area contributed by atoms with Gasteiger partial charge in [-0.3, -0.25) is 4.79 Å². The molecule has 0 bridgehead atoms. The number of carbonyl (C=O) groups is 1. The molecule has 1 heterocycles. The molecule has 0 aromatic rings. The molecule has 3 nitrogen and oxygen atoms in total. The number of likely N-dealkylation sites (N-methyl/N-ethyl adjacent to an activating group) is 1. The van der Waals surface area contributed by atoms with Crippen LogP contribution in [0.5, 0.6) is 0 Å². The molecular weight excluding hydrogens is 235 g/mol. The van der Waals surface area contributed by atoms with Crippen molar-refractivity contribution in [1.82, 2.24) is 9.80 Å². The third kappa shape index (κ3) is 6.98. The fourth-order valence-electron chi connectivity index (χ4n) is 1.60. The lowest BCUT2D eigenvalue weighted by Crippen LogP contribution is -2.36. The highest BCUT2D eigenvalue weighted by molar-refractivity contribution is 5.85. The van der Waals surface area contributed by atoms with E-state index in [1.165, 1.54) is 12.8 Å². The molecule has 0 aromatic heterocycles. The molecule has 1 fully saturated rings. The average Bonchev–Trinajstić information content (AvgIpc) is 2.27. The fourth-order valence-corrected chi connectivity index (χ4v) is 1.60. The molecule has 1 aliphatic heterocycles. The lowest BCUT2D eigenvalue weighted by molar-refractivity contribution is -0.130. The van der Waals surface area contributed by atoms with Crippen molar-refractivity contribution in [3.05, 3.63) is 0 Å². The maximum absolute atomic E-state index is 11.5. The summed E-state index contributed by atoms with van der Waals surface area (Å²) in [6.07, 6.45) is 4.23. The van der Waals surface area contributed by atoms with Gasteiger partial charge in [-0.25, -0.2) is 0 Å². The Bertz CT molecular complexity index is 177. The molecule has 0 saturated carbocycles. The van der Waals surface area contributed by atoms with Crippen LogP contribution in [0.2, 0.25) is 0 Å². The van der Waals surface area contributed by atoms with E-state index >= 15 is 0 Å². The van der Waals surface area contributed by atoms with Crippen molar-refractivity contribution < 1.29 is 4.79 Å². The number of rotatable bonds is 3. The van der Waals surface area contributed by atoms with E-state index in [0.717, 1.165) is 32.5 Å². The molecule has 1 saturated heterocycles.